The first-order chi connectivity index (χ1) is 9.67. The molecule has 0 amide bonds. The van der Waals surface area contributed by atoms with Crippen LogP contribution in [0.5, 0.6) is 5.75 Å². The van der Waals surface area contributed by atoms with E-state index in [1.807, 2.05) is 0 Å². The predicted molar refractivity (Wildman–Crippen MR) is 80.5 cm³/mol. The normalized spacial score (nSPS) is 21.9. The molecule has 1 aliphatic rings. The van der Waals surface area contributed by atoms with Crippen LogP contribution < -0.4 is 10.1 Å². The Balaban J connectivity index is 2.10. The largest absolute Gasteiger partial charge is 0.573 e. The highest BCUT2D eigenvalue weighted by Crippen LogP contribution is 2.38. The average Bonchev–Trinajstić information content (AvgIpc) is 2.34. The molecule has 1 fully saturated rings. The van der Waals surface area contributed by atoms with E-state index in [0.29, 0.717) is 10.5 Å². The third-order valence-corrected chi connectivity index (χ3v) is 4.63. The summed E-state index contributed by atoms with van der Waals surface area (Å²) in [5.41, 5.74) is 0.989. The smallest absolute Gasteiger partial charge is 0.405 e. The summed E-state index contributed by atoms with van der Waals surface area (Å²) < 4.78 is 40.9. The number of hydrogen-bond acceptors (Lipinski definition) is 2. The lowest BCUT2D eigenvalue weighted by Gasteiger charge is -2.39. The molecule has 0 aliphatic heterocycles. The van der Waals surface area contributed by atoms with E-state index in [0.717, 1.165) is 18.5 Å². The SMILES string of the molecule is CC1(C)CCCCC1Nc1ccc(OC(F)(F)F)c(Br)c1. The predicted octanol–water partition coefficient (Wildman–Crippen LogP) is 5.73. The molecule has 21 heavy (non-hydrogen) atoms. The topological polar surface area (TPSA) is 21.3 Å². The highest BCUT2D eigenvalue weighted by atomic mass is 79.9. The molecule has 118 valence electrons. The first-order valence-corrected chi connectivity index (χ1v) is 7.78. The number of alkyl halides is 3. The van der Waals surface area contributed by atoms with Gasteiger partial charge in [-0.2, -0.15) is 0 Å². The summed E-state index contributed by atoms with van der Waals surface area (Å²) >= 11 is 3.13. The van der Waals surface area contributed by atoms with Gasteiger partial charge in [0, 0.05) is 11.7 Å². The van der Waals surface area contributed by atoms with Crippen molar-refractivity contribution in [2.45, 2.75) is 51.9 Å². The summed E-state index contributed by atoms with van der Waals surface area (Å²) in [6.45, 7) is 4.44. The van der Waals surface area contributed by atoms with E-state index in [1.54, 1.807) is 12.1 Å². The monoisotopic (exact) mass is 365 g/mol. The maximum absolute atomic E-state index is 12.2. The molecule has 1 aromatic rings. The van der Waals surface area contributed by atoms with Crippen molar-refractivity contribution < 1.29 is 17.9 Å². The van der Waals surface area contributed by atoms with Gasteiger partial charge in [-0.15, -0.1) is 13.2 Å². The molecule has 0 aromatic heterocycles. The van der Waals surface area contributed by atoms with Crippen LogP contribution >= 0.6 is 15.9 Å². The highest BCUT2D eigenvalue weighted by molar-refractivity contribution is 9.10. The molecule has 1 unspecified atom stereocenters. The summed E-state index contributed by atoms with van der Waals surface area (Å²) in [6.07, 6.45) is -0.0415. The fourth-order valence-corrected chi connectivity index (χ4v) is 3.22. The third kappa shape index (κ3) is 4.53. The van der Waals surface area contributed by atoms with Gasteiger partial charge in [0.15, 0.2) is 0 Å². The van der Waals surface area contributed by atoms with Crippen molar-refractivity contribution in [3.8, 4) is 5.75 Å². The molecular formula is C15H19BrF3NO. The van der Waals surface area contributed by atoms with Crippen LogP contribution in [0.15, 0.2) is 22.7 Å². The Bertz CT molecular complexity index is 502. The fourth-order valence-electron chi connectivity index (χ4n) is 2.76. The van der Waals surface area contributed by atoms with Gasteiger partial charge in [0.25, 0.3) is 0 Å². The number of rotatable bonds is 3. The molecule has 6 heteroatoms. The second-order valence-corrected chi connectivity index (χ2v) is 6.98. The zero-order chi connectivity index (χ0) is 15.7. The number of anilines is 1. The van der Waals surface area contributed by atoms with Crippen molar-refractivity contribution in [3.05, 3.63) is 22.7 Å². The molecular weight excluding hydrogens is 347 g/mol. The van der Waals surface area contributed by atoms with Crippen molar-refractivity contribution >= 4 is 21.6 Å². The van der Waals surface area contributed by atoms with E-state index in [4.69, 9.17) is 0 Å². The standard InChI is InChI=1S/C15H19BrF3NO/c1-14(2)8-4-3-5-13(14)20-10-6-7-12(11(16)9-10)21-15(17,18)19/h6-7,9,13,20H,3-5,8H2,1-2H3. The van der Waals surface area contributed by atoms with Crippen molar-refractivity contribution in [3.63, 3.8) is 0 Å². The maximum atomic E-state index is 12.2. The number of nitrogens with one attached hydrogen (secondary N) is 1. The summed E-state index contributed by atoms with van der Waals surface area (Å²) in [4.78, 5) is 0. The molecule has 0 saturated heterocycles. The Morgan fingerprint density at radius 3 is 2.57 bits per heavy atom. The highest BCUT2D eigenvalue weighted by Gasteiger charge is 2.33. The first kappa shape index (κ1) is 16.5. The fraction of sp³-hybridized carbons (Fsp3) is 0.600. The Hall–Kier alpha value is -0.910. The molecule has 1 aliphatic carbocycles. The number of hydrogen-bond donors (Lipinski definition) is 1. The van der Waals surface area contributed by atoms with Gasteiger partial charge >= 0.3 is 6.36 Å². The van der Waals surface area contributed by atoms with Crippen LogP contribution in [0.1, 0.15) is 39.5 Å². The Morgan fingerprint density at radius 1 is 1.29 bits per heavy atom. The lowest BCUT2D eigenvalue weighted by molar-refractivity contribution is -0.274. The molecule has 1 N–H and O–H groups in total. The minimum absolute atomic E-state index is 0.186. The number of ether oxygens (including phenoxy) is 1. The van der Waals surface area contributed by atoms with Crippen LogP contribution in [0.25, 0.3) is 0 Å². The van der Waals surface area contributed by atoms with Gasteiger partial charge < -0.3 is 10.1 Å². The second kappa shape index (κ2) is 6.07. The first-order valence-electron chi connectivity index (χ1n) is 6.99. The molecule has 0 spiro atoms. The Labute approximate surface area is 131 Å². The molecule has 0 bridgehead atoms. The minimum atomic E-state index is -4.68. The zero-order valence-electron chi connectivity index (χ0n) is 12.1. The lowest BCUT2D eigenvalue weighted by Crippen LogP contribution is -2.38. The van der Waals surface area contributed by atoms with E-state index in [-0.39, 0.29) is 11.2 Å². The Kier molecular flexibility index (Phi) is 4.76. The molecule has 1 atom stereocenters. The van der Waals surface area contributed by atoms with Crippen LogP contribution in [0.2, 0.25) is 0 Å². The zero-order valence-corrected chi connectivity index (χ0v) is 13.6. The molecule has 1 aromatic carbocycles. The summed E-state index contributed by atoms with van der Waals surface area (Å²) in [6, 6.07) is 4.91. The minimum Gasteiger partial charge on any atom is -0.405 e. The van der Waals surface area contributed by atoms with E-state index in [2.05, 4.69) is 39.8 Å². The molecule has 2 nitrogen and oxygen atoms in total. The molecule has 0 radical (unpaired) electrons. The van der Waals surface area contributed by atoms with E-state index in [1.165, 1.54) is 18.9 Å². The molecule has 2 rings (SSSR count). The van der Waals surface area contributed by atoms with Crippen LogP contribution in [0.3, 0.4) is 0 Å². The number of benzene rings is 1. The summed E-state index contributed by atoms with van der Waals surface area (Å²) in [5, 5.41) is 3.44. The van der Waals surface area contributed by atoms with Crippen LogP contribution in [-0.4, -0.2) is 12.4 Å². The van der Waals surface area contributed by atoms with Gasteiger partial charge in [-0.3, -0.25) is 0 Å². The van der Waals surface area contributed by atoms with Gasteiger partial charge in [0.2, 0.25) is 0 Å². The lowest BCUT2D eigenvalue weighted by atomic mass is 9.73. The summed E-state index contributed by atoms with van der Waals surface area (Å²) in [7, 11) is 0. The van der Waals surface area contributed by atoms with Crippen molar-refractivity contribution in [1.82, 2.24) is 0 Å². The maximum Gasteiger partial charge on any atom is 0.573 e. The van der Waals surface area contributed by atoms with Gasteiger partial charge in [0.1, 0.15) is 5.75 Å². The van der Waals surface area contributed by atoms with Crippen molar-refractivity contribution in [2.24, 2.45) is 5.41 Å². The van der Waals surface area contributed by atoms with Crippen LogP contribution in [0, 0.1) is 5.41 Å². The van der Waals surface area contributed by atoms with Gasteiger partial charge in [-0.05, 0) is 52.4 Å². The van der Waals surface area contributed by atoms with Crippen LogP contribution in [0.4, 0.5) is 18.9 Å². The third-order valence-electron chi connectivity index (χ3n) is 4.01. The van der Waals surface area contributed by atoms with Gasteiger partial charge in [-0.1, -0.05) is 26.7 Å². The van der Waals surface area contributed by atoms with Gasteiger partial charge in [0.05, 0.1) is 4.47 Å². The molecule has 0 heterocycles. The van der Waals surface area contributed by atoms with E-state index in [9.17, 15) is 13.2 Å². The van der Waals surface area contributed by atoms with E-state index < -0.39 is 6.36 Å². The second-order valence-electron chi connectivity index (χ2n) is 6.12. The average molecular weight is 366 g/mol. The number of halogens is 4. The summed E-state index contributed by atoms with van der Waals surface area (Å²) in [5.74, 6) is -0.226. The quantitative estimate of drug-likeness (QED) is 0.738. The van der Waals surface area contributed by atoms with Gasteiger partial charge in [-0.25, -0.2) is 0 Å². The van der Waals surface area contributed by atoms with Crippen molar-refractivity contribution in [2.75, 3.05) is 5.32 Å². The van der Waals surface area contributed by atoms with E-state index >= 15 is 0 Å². The van der Waals surface area contributed by atoms with Crippen molar-refractivity contribution in [1.29, 1.82) is 0 Å². The Morgan fingerprint density at radius 2 is 2.00 bits per heavy atom. The van der Waals surface area contributed by atoms with Crippen LogP contribution in [-0.2, 0) is 0 Å². The molecule has 1 saturated carbocycles.